The second-order valence-electron chi connectivity index (χ2n) is 0.612. The summed E-state index contributed by atoms with van der Waals surface area (Å²) in [6.45, 7) is 0. The molecule has 0 fully saturated rings. The van der Waals surface area contributed by atoms with Crippen molar-refractivity contribution in [2.75, 3.05) is 0 Å². The van der Waals surface area contributed by atoms with Crippen LogP contribution in [0.2, 0.25) is 0 Å². The van der Waals surface area contributed by atoms with Gasteiger partial charge in [-0.3, -0.25) is 4.37 Å². The van der Waals surface area contributed by atoms with Crippen molar-refractivity contribution in [2.45, 2.75) is 0 Å². The monoisotopic (exact) mass is 136 g/mol. The van der Waals surface area contributed by atoms with Crippen LogP contribution in [0.4, 0.5) is 0 Å². The minimum atomic E-state index is 1.58. The summed E-state index contributed by atoms with van der Waals surface area (Å²) in [5, 5.41) is 1.89. The zero-order valence-corrected chi connectivity index (χ0v) is 5.25. The molecule has 0 saturated heterocycles. The third kappa shape index (κ3) is 1.12. The summed E-state index contributed by atoms with van der Waals surface area (Å²) in [6, 6.07) is 0. The highest BCUT2D eigenvalue weighted by Crippen LogP contribution is 2.04. The lowest BCUT2D eigenvalue weighted by Gasteiger charge is -1.68. The first-order chi connectivity index (χ1) is 3.00. The molecule has 6 heavy (non-hydrogen) atoms. The summed E-state index contributed by atoms with van der Waals surface area (Å²) >= 11 is 0. The van der Waals surface area contributed by atoms with E-state index in [2.05, 4.69) is 10.6 Å². The van der Waals surface area contributed by atoms with E-state index >= 15 is 0 Å². The minimum absolute atomic E-state index is 1.58. The van der Waals surface area contributed by atoms with Gasteiger partial charge in [0.25, 0.3) is 0 Å². The van der Waals surface area contributed by atoms with E-state index in [0.717, 1.165) is 0 Å². The van der Waals surface area contributed by atoms with E-state index in [1.165, 1.54) is 0 Å². The molecule has 0 aliphatic heterocycles. The average Bonchev–Trinajstić information content (AvgIpc) is 1.72. The molecule has 0 spiro atoms. The Balaban J connectivity index is 3.00. The van der Waals surface area contributed by atoms with Crippen molar-refractivity contribution in [1.29, 1.82) is 0 Å². The van der Waals surface area contributed by atoms with Gasteiger partial charge < -0.3 is 0 Å². The Labute approximate surface area is 46.5 Å². The summed E-state index contributed by atoms with van der Waals surface area (Å²) < 4.78 is 2.84. The van der Waals surface area contributed by atoms with E-state index in [1.54, 1.807) is 30.2 Å². The maximum absolute atomic E-state index is 2.84. The van der Waals surface area contributed by atoms with Crippen LogP contribution in [0.15, 0.2) is 5.38 Å². The average molecular weight is 136 g/mol. The second-order valence-corrected chi connectivity index (χ2v) is 4.26. The molecular weight excluding hydrogens is 134 g/mol. The number of nitrogens with one attached hydrogen (secondary N) is 1. The molecule has 4 heteroatoms. The van der Waals surface area contributed by atoms with E-state index in [9.17, 15) is 0 Å². The summed E-state index contributed by atoms with van der Waals surface area (Å²) in [5.41, 5.74) is 0. The molecule has 1 nitrogen and oxygen atoms in total. The lowest BCUT2D eigenvalue weighted by molar-refractivity contribution is 1.55. The minimum Gasteiger partial charge on any atom is -0.299 e. The summed E-state index contributed by atoms with van der Waals surface area (Å²) in [5.74, 6) is 0. The van der Waals surface area contributed by atoms with Crippen LogP contribution >= 0.6 is 30.2 Å². The molecule has 0 amide bonds. The van der Waals surface area contributed by atoms with Crippen LogP contribution in [0.1, 0.15) is 0 Å². The molecular formula is C2H2NS3. The largest absolute Gasteiger partial charge is 0.299 e. The van der Waals surface area contributed by atoms with E-state index in [4.69, 9.17) is 0 Å². The quantitative estimate of drug-likeness (QED) is 0.526. The molecule has 1 heterocycles. The van der Waals surface area contributed by atoms with E-state index < -0.39 is 0 Å². The van der Waals surface area contributed by atoms with Crippen molar-refractivity contribution < 1.29 is 0 Å². The SMILES string of the molecule is [c]1csss[nH]1. The van der Waals surface area contributed by atoms with Crippen molar-refractivity contribution in [3.05, 3.63) is 11.6 Å². The van der Waals surface area contributed by atoms with E-state index in [-0.39, 0.29) is 0 Å². The van der Waals surface area contributed by atoms with Crippen LogP contribution < -0.4 is 0 Å². The third-order valence-electron chi connectivity index (χ3n) is 0.281. The molecule has 0 aliphatic carbocycles. The van der Waals surface area contributed by atoms with Gasteiger partial charge in [0.05, 0.1) is 6.20 Å². The van der Waals surface area contributed by atoms with Gasteiger partial charge in [-0.25, -0.2) is 0 Å². The van der Waals surface area contributed by atoms with Gasteiger partial charge in [0.15, 0.2) is 0 Å². The van der Waals surface area contributed by atoms with Crippen molar-refractivity contribution in [3.63, 3.8) is 0 Å². The summed E-state index contributed by atoms with van der Waals surface area (Å²) in [7, 11) is 4.96. The highest BCUT2D eigenvalue weighted by Gasteiger charge is 1.60. The fourth-order valence-corrected chi connectivity index (χ4v) is 2.17. The molecule has 33 valence electrons. The molecule has 0 aliphatic rings. The van der Waals surface area contributed by atoms with Crippen LogP contribution in [0, 0.1) is 6.20 Å². The fourth-order valence-electron chi connectivity index (χ4n) is 0.128. The van der Waals surface area contributed by atoms with Gasteiger partial charge in [-0.15, -0.1) is 0 Å². The number of rotatable bonds is 0. The molecule has 0 atom stereocenters. The summed E-state index contributed by atoms with van der Waals surface area (Å²) in [6.07, 6.45) is 2.81. The number of aromatic amines is 1. The lowest BCUT2D eigenvalue weighted by Crippen LogP contribution is -1.46. The maximum Gasteiger partial charge on any atom is 0.0844 e. The van der Waals surface area contributed by atoms with Crippen LogP contribution in [0.5, 0.6) is 0 Å². The van der Waals surface area contributed by atoms with Gasteiger partial charge in [0.1, 0.15) is 0 Å². The first-order valence-electron chi connectivity index (χ1n) is 1.31. The fraction of sp³-hybridized carbons (Fsp3) is 0. The van der Waals surface area contributed by atoms with Crippen LogP contribution in [0.3, 0.4) is 0 Å². The highest BCUT2D eigenvalue weighted by molar-refractivity contribution is 7.92. The molecule has 1 radical (unpaired) electrons. The van der Waals surface area contributed by atoms with Crippen LogP contribution in [0.25, 0.3) is 0 Å². The Morgan fingerprint density at radius 1 is 1.67 bits per heavy atom. The zero-order valence-electron chi connectivity index (χ0n) is 2.80. The van der Waals surface area contributed by atoms with Gasteiger partial charge in [-0.2, -0.15) is 0 Å². The standard InChI is InChI=1S/C2H2NS3/c1-2-4-6-5-3-1/h2-3H. The Bertz CT molecular complexity index is 80.7. The zero-order chi connectivity index (χ0) is 4.24. The third-order valence-corrected chi connectivity index (χ3v) is 3.14. The topological polar surface area (TPSA) is 15.8 Å². The smallest absolute Gasteiger partial charge is 0.0844 e. The van der Waals surface area contributed by atoms with E-state index in [1.807, 2.05) is 5.38 Å². The molecule has 0 bridgehead atoms. The molecule has 1 aromatic heterocycles. The van der Waals surface area contributed by atoms with Gasteiger partial charge in [-0.05, 0) is 9.34 Å². The number of H-pyrrole nitrogens is 1. The maximum atomic E-state index is 2.84. The van der Waals surface area contributed by atoms with Crippen molar-refractivity contribution in [3.8, 4) is 0 Å². The molecule has 1 rings (SSSR count). The van der Waals surface area contributed by atoms with E-state index in [0.29, 0.717) is 0 Å². The molecule has 0 saturated carbocycles. The van der Waals surface area contributed by atoms with Gasteiger partial charge in [-0.1, -0.05) is 10.3 Å². The lowest BCUT2D eigenvalue weighted by atomic mass is 11.1. The van der Waals surface area contributed by atoms with Gasteiger partial charge in [0.2, 0.25) is 0 Å². The first kappa shape index (κ1) is 4.36. The number of aromatic nitrogens is 1. The second kappa shape index (κ2) is 2.39. The predicted octanol–water partition coefficient (Wildman–Crippen LogP) is 2.12. The Kier molecular flexibility index (Phi) is 1.73. The summed E-state index contributed by atoms with van der Waals surface area (Å²) in [4.78, 5) is 0. The highest BCUT2D eigenvalue weighted by atomic mass is 33.2. The normalized spacial score (nSPS) is 8.00. The molecule has 0 aromatic carbocycles. The Morgan fingerprint density at radius 2 is 2.67 bits per heavy atom. The predicted molar refractivity (Wildman–Crippen MR) is 30.9 cm³/mol. The van der Waals surface area contributed by atoms with Crippen molar-refractivity contribution >= 4 is 30.2 Å². The van der Waals surface area contributed by atoms with Gasteiger partial charge in [0, 0.05) is 15.9 Å². The molecule has 1 N–H and O–H groups in total. The molecule has 0 unspecified atom stereocenters. The number of hydrogen-bond donors (Lipinski definition) is 1. The van der Waals surface area contributed by atoms with Crippen LogP contribution in [-0.2, 0) is 0 Å². The molecule has 1 aromatic rings. The Hall–Kier alpha value is 0.200. The van der Waals surface area contributed by atoms with Crippen molar-refractivity contribution in [1.82, 2.24) is 4.37 Å². The number of hydrogen-bond acceptors (Lipinski definition) is 3. The Morgan fingerprint density at radius 3 is 2.83 bits per heavy atom. The van der Waals surface area contributed by atoms with Crippen LogP contribution in [-0.4, -0.2) is 4.37 Å². The van der Waals surface area contributed by atoms with Crippen molar-refractivity contribution in [2.24, 2.45) is 0 Å². The first-order valence-corrected chi connectivity index (χ1v) is 4.86. The van der Waals surface area contributed by atoms with Gasteiger partial charge >= 0.3 is 0 Å².